The fraction of sp³-hybridized carbons (Fsp3) is 0.600. The molecule has 1 N–H and O–H groups in total. The molecule has 0 aliphatic carbocycles. The molecule has 0 aromatic heterocycles. The lowest BCUT2D eigenvalue weighted by molar-refractivity contribution is -0.139. The number of nitrogens with one attached hydrogen (secondary N) is 1. The molecule has 5 amide bonds. The van der Waals surface area contributed by atoms with E-state index in [9.17, 15) is 19.2 Å². The maximum absolute atomic E-state index is 13.1. The molecule has 3 heterocycles. The second kappa shape index (κ2) is 12.7. The van der Waals surface area contributed by atoms with Gasteiger partial charge in [-0.3, -0.25) is 19.8 Å². The highest BCUT2D eigenvalue weighted by Gasteiger charge is 2.33. The topological polar surface area (TPSA) is 108 Å². The van der Waals surface area contributed by atoms with E-state index in [1.165, 1.54) is 0 Å². The van der Waals surface area contributed by atoms with Crippen LogP contribution in [0, 0.1) is 24.7 Å². The van der Waals surface area contributed by atoms with Gasteiger partial charge in [0.2, 0.25) is 11.8 Å². The third-order valence-corrected chi connectivity index (χ3v) is 7.51. The predicted molar refractivity (Wildman–Crippen MR) is 150 cm³/mol. The van der Waals surface area contributed by atoms with E-state index in [1.807, 2.05) is 50.8 Å². The van der Waals surface area contributed by atoms with Crippen molar-refractivity contribution >= 4 is 29.6 Å². The highest BCUT2D eigenvalue weighted by atomic mass is 16.6. The number of hydrogen-bond acceptors (Lipinski definition) is 6. The summed E-state index contributed by atoms with van der Waals surface area (Å²) in [6.45, 7) is 10.5. The van der Waals surface area contributed by atoms with Gasteiger partial charge in [0.25, 0.3) is 0 Å². The number of urea groups is 1. The molecule has 0 spiro atoms. The second-order valence-electron chi connectivity index (χ2n) is 11.6. The van der Waals surface area contributed by atoms with E-state index >= 15 is 0 Å². The zero-order valence-electron chi connectivity index (χ0n) is 24.0. The molecular weight excluding hydrogens is 512 g/mol. The smallest absolute Gasteiger partial charge is 0.410 e. The Morgan fingerprint density at radius 1 is 1.00 bits per heavy atom. The number of benzene rings is 1. The normalized spacial score (nSPS) is 19.1. The molecule has 3 aliphatic rings. The minimum absolute atomic E-state index is 0.0504. The molecular formula is C30H40N4O6. The van der Waals surface area contributed by atoms with Crippen LogP contribution in [-0.4, -0.2) is 84.8 Å². The largest absolute Gasteiger partial charge is 0.444 e. The van der Waals surface area contributed by atoms with Crippen molar-refractivity contribution in [3.63, 3.8) is 0 Å². The fourth-order valence-electron chi connectivity index (χ4n) is 5.27. The van der Waals surface area contributed by atoms with E-state index in [2.05, 4.69) is 17.2 Å². The van der Waals surface area contributed by atoms with Gasteiger partial charge in [0, 0.05) is 56.3 Å². The van der Waals surface area contributed by atoms with Crippen LogP contribution in [0.15, 0.2) is 18.2 Å². The first kappa shape index (κ1) is 29.4. The summed E-state index contributed by atoms with van der Waals surface area (Å²) in [5.74, 6) is 6.08. The molecule has 1 aromatic carbocycles. The van der Waals surface area contributed by atoms with Crippen LogP contribution in [0.25, 0.3) is 0 Å². The zero-order chi connectivity index (χ0) is 28.9. The fourth-order valence-corrected chi connectivity index (χ4v) is 5.27. The molecule has 216 valence electrons. The van der Waals surface area contributed by atoms with Crippen molar-refractivity contribution in [2.24, 2.45) is 5.92 Å². The summed E-state index contributed by atoms with van der Waals surface area (Å²) in [6, 6.07) is 5.20. The van der Waals surface area contributed by atoms with Crippen LogP contribution in [0.1, 0.15) is 64.0 Å². The van der Waals surface area contributed by atoms with Crippen molar-refractivity contribution in [3.05, 3.63) is 29.3 Å². The van der Waals surface area contributed by atoms with E-state index in [0.717, 1.165) is 29.7 Å². The maximum atomic E-state index is 13.1. The Labute approximate surface area is 236 Å². The Morgan fingerprint density at radius 3 is 2.33 bits per heavy atom. The maximum Gasteiger partial charge on any atom is 0.410 e. The zero-order valence-corrected chi connectivity index (χ0v) is 24.0. The number of carbonyl (C=O) groups is 4. The van der Waals surface area contributed by atoms with Gasteiger partial charge in [-0.05, 0) is 71.1 Å². The standard InChI is InChI=1S/C30H40N4O6/c1-21-22(7-5-9-25(21)34-19-14-26(35)31-28(34)37)8-6-20-39-24-12-17-32(18-13-24)27(36)23-10-15-33(16-11-23)29(38)40-30(2,3)4/h5,7,9,23-24H,10-20H2,1-4H3,(H,31,35,37). The second-order valence-corrected chi connectivity index (χ2v) is 11.6. The molecule has 10 heteroatoms. The minimum Gasteiger partial charge on any atom is -0.444 e. The molecule has 0 atom stereocenters. The van der Waals surface area contributed by atoms with Crippen LogP contribution in [0.2, 0.25) is 0 Å². The van der Waals surface area contributed by atoms with Crippen LogP contribution < -0.4 is 10.2 Å². The quantitative estimate of drug-likeness (QED) is 0.574. The summed E-state index contributed by atoms with van der Waals surface area (Å²) in [4.78, 5) is 54.3. The molecule has 0 bridgehead atoms. The Hall–Kier alpha value is -3.58. The van der Waals surface area contributed by atoms with E-state index in [4.69, 9.17) is 9.47 Å². The number of piperidine rings is 2. The lowest BCUT2D eigenvalue weighted by Crippen LogP contribution is -2.49. The van der Waals surface area contributed by atoms with E-state index in [-0.39, 0.29) is 43.0 Å². The molecule has 40 heavy (non-hydrogen) atoms. The van der Waals surface area contributed by atoms with Crippen LogP contribution in [-0.2, 0) is 19.1 Å². The number of likely N-dealkylation sites (tertiary alicyclic amines) is 2. The van der Waals surface area contributed by atoms with Crippen molar-refractivity contribution in [1.82, 2.24) is 15.1 Å². The Balaban J connectivity index is 1.20. The Morgan fingerprint density at radius 2 is 1.68 bits per heavy atom. The van der Waals surface area contributed by atoms with E-state index in [0.29, 0.717) is 45.6 Å². The Kier molecular flexibility index (Phi) is 9.36. The lowest BCUT2D eigenvalue weighted by Gasteiger charge is -2.37. The van der Waals surface area contributed by atoms with Gasteiger partial charge in [-0.25, -0.2) is 9.59 Å². The molecule has 0 unspecified atom stereocenters. The van der Waals surface area contributed by atoms with Crippen LogP contribution in [0.5, 0.6) is 0 Å². The van der Waals surface area contributed by atoms with Gasteiger partial charge in [0.05, 0.1) is 6.10 Å². The first-order chi connectivity index (χ1) is 19.0. The number of amides is 5. The van der Waals surface area contributed by atoms with Gasteiger partial charge < -0.3 is 19.3 Å². The summed E-state index contributed by atoms with van der Waals surface area (Å²) < 4.78 is 11.4. The summed E-state index contributed by atoms with van der Waals surface area (Å²) in [7, 11) is 0. The summed E-state index contributed by atoms with van der Waals surface area (Å²) in [6.07, 6.45) is 2.86. The molecule has 0 radical (unpaired) electrons. The van der Waals surface area contributed by atoms with Gasteiger partial charge in [0.15, 0.2) is 0 Å². The monoisotopic (exact) mass is 552 g/mol. The van der Waals surface area contributed by atoms with Crippen molar-refractivity contribution < 1.29 is 28.7 Å². The van der Waals surface area contributed by atoms with Crippen molar-refractivity contribution in [3.8, 4) is 11.8 Å². The minimum atomic E-state index is -0.526. The molecule has 4 rings (SSSR count). The Bertz CT molecular complexity index is 1180. The molecule has 1 aromatic rings. The number of hydrogen-bond donors (Lipinski definition) is 1. The van der Waals surface area contributed by atoms with Gasteiger partial charge in [-0.2, -0.15) is 0 Å². The van der Waals surface area contributed by atoms with E-state index in [1.54, 1.807) is 9.80 Å². The van der Waals surface area contributed by atoms with Crippen LogP contribution in [0.3, 0.4) is 0 Å². The molecule has 10 nitrogen and oxygen atoms in total. The summed E-state index contributed by atoms with van der Waals surface area (Å²) >= 11 is 0. The van der Waals surface area contributed by atoms with Crippen molar-refractivity contribution in [1.29, 1.82) is 0 Å². The highest BCUT2D eigenvalue weighted by molar-refractivity contribution is 6.06. The highest BCUT2D eigenvalue weighted by Crippen LogP contribution is 2.26. The number of rotatable bonds is 4. The average Bonchev–Trinajstić information content (AvgIpc) is 2.91. The van der Waals surface area contributed by atoms with Gasteiger partial charge in [-0.15, -0.1) is 0 Å². The summed E-state index contributed by atoms with van der Waals surface area (Å²) in [5, 5.41) is 2.35. The van der Waals surface area contributed by atoms with Crippen LogP contribution in [0.4, 0.5) is 15.3 Å². The number of ether oxygens (including phenoxy) is 2. The molecule has 0 saturated carbocycles. The van der Waals surface area contributed by atoms with Gasteiger partial charge in [0.1, 0.15) is 12.2 Å². The SMILES string of the molecule is Cc1c(C#CCOC2CCN(C(=O)C3CCN(C(=O)OC(C)(C)C)CC3)CC2)cccc1N1CCC(=O)NC1=O. The van der Waals surface area contributed by atoms with Gasteiger partial charge in [-0.1, -0.05) is 17.9 Å². The first-order valence-corrected chi connectivity index (χ1v) is 14.1. The van der Waals surface area contributed by atoms with Gasteiger partial charge >= 0.3 is 12.1 Å². The van der Waals surface area contributed by atoms with Crippen molar-refractivity contribution in [2.45, 2.75) is 71.5 Å². The predicted octanol–water partition coefficient (Wildman–Crippen LogP) is 3.45. The summed E-state index contributed by atoms with van der Waals surface area (Å²) in [5.41, 5.74) is 1.90. The van der Waals surface area contributed by atoms with E-state index < -0.39 is 11.6 Å². The molecule has 3 fully saturated rings. The number of imide groups is 1. The average molecular weight is 553 g/mol. The number of anilines is 1. The number of carbonyl (C=O) groups excluding carboxylic acids is 4. The number of nitrogens with zero attached hydrogens (tertiary/aromatic N) is 3. The first-order valence-electron chi connectivity index (χ1n) is 14.1. The lowest BCUT2D eigenvalue weighted by atomic mass is 9.94. The third kappa shape index (κ3) is 7.54. The molecule has 3 aliphatic heterocycles. The van der Waals surface area contributed by atoms with Crippen molar-refractivity contribution in [2.75, 3.05) is 44.2 Å². The van der Waals surface area contributed by atoms with Crippen LogP contribution >= 0.6 is 0 Å². The molecule has 3 saturated heterocycles. The third-order valence-electron chi connectivity index (χ3n) is 7.51.